The number of hydrogen-bond donors (Lipinski definition) is 0. The summed E-state index contributed by atoms with van der Waals surface area (Å²) in [5.74, 6) is -1.45. The van der Waals surface area contributed by atoms with Crippen molar-refractivity contribution in [2.24, 2.45) is 0 Å². The highest BCUT2D eigenvalue weighted by atomic mass is 19.4. The topological polar surface area (TPSA) is 0 Å². The second-order valence-electron chi connectivity index (χ2n) is 6.53. The van der Waals surface area contributed by atoms with Gasteiger partial charge in [-0.05, 0) is 86.1 Å². The second kappa shape index (κ2) is 6.03. The Hall–Kier alpha value is -1.77. The molecular formula is C20H23F3. The molecule has 124 valence electrons. The summed E-state index contributed by atoms with van der Waals surface area (Å²) in [7, 11) is 0. The van der Waals surface area contributed by atoms with Gasteiger partial charge in [0.15, 0.2) is 0 Å². The van der Waals surface area contributed by atoms with E-state index in [0.717, 1.165) is 22.3 Å². The summed E-state index contributed by atoms with van der Waals surface area (Å²) in [5, 5.41) is 0. The van der Waals surface area contributed by atoms with Crippen molar-refractivity contribution in [1.29, 1.82) is 0 Å². The van der Waals surface area contributed by atoms with Gasteiger partial charge in [-0.2, -0.15) is 13.2 Å². The summed E-state index contributed by atoms with van der Waals surface area (Å²) in [5.41, 5.74) is 7.87. The van der Waals surface area contributed by atoms with Crippen LogP contribution in [0.15, 0.2) is 24.3 Å². The van der Waals surface area contributed by atoms with Crippen LogP contribution in [0.3, 0.4) is 0 Å². The zero-order chi connectivity index (χ0) is 17.5. The van der Waals surface area contributed by atoms with Crippen molar-refractivity contribution in [3.8, 4) is 11.1 Å². The highest BCUT2D eigenvalue weighted by molar-refractivity contribution is 5.73. The van der Waals surface area contributed by atoms with Gasteiger partial charge in [-0.1, -0.05) is 24.3 Å². The molecular weight excluding hydrogens is 297 g/mol. The van der Waals surface area contributed by atoms with E-state index in [0.29, 0.717) is 5.56 Å². The normalized spacial score (nSPS) is 13.3. The lowest BCUT2D eigenvalue weighted by Gasteiger charge is -2.20. The zero-order valence-electron chi connectivity index (χ0n) is 14.5. The number of benzene rings is 2. The van der Waals surface area contributed by atoms with Gasteiger partial charge < -0.3 is 0 Å². The third-order valence-electron chi connectivity index (χ3n) is 4.76. The number of halogens is 3. The van der Waals surface area contributed by atoms with Gasteiger partial charge in [-0.3, -0.25) is 0 Å². The van der Waals surface area contributed by atoms with E-state index in [4.69, 9.17) is 0 Å². The molecule has 0 N–H and O–H groups in total. The van der Waals surface area contributed by atoms with Gasteiger partial charge in [-0.25, -0.2) is 0 Å². The first-order valence-electron chi connectivity index (χ1n) is 7.78. The van der Waals surface area contributed by atoms with Gasteiger partial charge in [0.2, 0.25) is 0 Å². The van der Waals surface area contributed by atoms with Gasteiger partial charge in [0.05, 0.1) is 5.92 Å². The Morgan fingerprint density at radius 2 is 1.17 bits per heavy atom. The Kier molecular flexibility index (Phi) is 4.61. The van der Waals surface area contributed by atoms with Crippen molar-refractivity contribution in [3.63, 3.8) is 0 Å². The number of aryl methyl sites for hydroxylation is 4. The first-order valence-corrected chi connectivity index (χ1v) is 7.78. The average molecular weight is 320 g/mol. The van der Waals surface area contributed by atoms with Crippen molar-refractivity contribution in [2.45, 2.75) is 53.6 Å². The summed E-state index contributed by atoms with van der Waals surface area (Å²) in [4.78, 5) is 0. The molecule has 0 fully saturated rings. The van der Waals surface area contributed by atoms with Crippen LogP contribution < -0.4 is 0 Å². The Morgan fingerprint density at radius 1 is 0.739 bits per heavy atom. The maximum absolute atomic E-state index is 13.0. The predicted molar refractivity (Wildman–Crippen MR) is 90.0 cm³/mol. The second-order valence-corrected chi connectivity index (χ2v) is 6.53. The zero-order valence-corrected chi connectivity index (χ0v) is 14.5. The van der Waals surface area contributed by atoms with Crippen LogP contribution in [0.5, 0.6) is 0 Å². The summed E-state index contributed by atoms with van der Waals surface area (Å²) in [6.07, 6.45) is -4.21. The third-order valence-corrected chi connectivity index (χ3v) is 4.76. The molecule has 0 aromatic heterocycles. The van der Waals surface area contributed by atoms with E-state index in [9.17, 15) is 13.2 Å². The van der Waals surface area contributed by atoms with E-state index in [1.807, 2.05) is 13.8 Å². The Bertz CT molecular complexity index is 693. The Balaban J connectivity index is 2.59. The van der Waals surface area contributed by atoms with E-state index in [1.165, 1.54) is 23.6 Å². The van der Waals surface area contributed by atoms with Crippen LogP contribution in [0, 0.1) is 34.6 Å². The highest BCUT2D eigenvalue weighted by Crippen LogP contribution is 2.38. The van der Waals surface area contributed by atoms with Crippen molar-refractivity contribution >= 4 is 0 Å². The fraction of sp³-hybridized carbons (Fsp3) is 0.400. The van der Waals surface area contributed by atoms with E-state index in [2.05, 4.69) is 32.9 Å². The molecule has 0 aliphatic carbocycles. The SMILES string of the molecule is Cc1cc(-c2c(C)cc(C(C)C(F)(F)F)cc2C)cc(C)c1C. The van der Waals surface area contributed by atoms with Gasteiger partial charge in [0.1, 0.15) is 0 Å². The molecule has 0 bridgehead atoms. The van der Waals surface area contributed by atoms with Gasteiger partial charge >= 0.3 is 6.18 Å². The minimum absolute atomic E-state index is 0.330. The molecule has 0 spiro atoms. The number of alkyl halides is 3. The molecule has 0 saturated carbocycles. The lowest BCUT2D eigenvalue weighted by atomic mass is 9.88. The van der Waals surface area contributed by atoms with E-state index < -0.39 is 12.1 Å². The van der Waals surface area contributed by atoms with E-state index in [-0.39, 0.29) is 0 Å². The fourth-order valence-electron chi connectivity index (χ4n) is 3.07. The summed E-state index contributed by atoms with van der Waals surface area (Å²) in [6.45, 7) is 11.2. The molecule has 0 radical (unpaired) electrons. The molecule has 0 nitrogen and oxygen atoms in total. The van der Waals surface area contributed by atoms with Crippen LogP contribution in [-0.2, 0) is 0 Å². The molecule has 23 heavy (non-hydrogen) atoms. The van der Waals surface area contributed by atoms with Crippen LogP contribution in [0.2, 0.25) is 0 Å². The maximum atomic E-state index is 13.0. The molecule has 3 heteroatoms. The fourth-order valence-corrected chi connectivity index (χ4v) is 3.07. The van der Waals surface area contributed by atoms with Crippen LogP contribution in [0.4, 0.5) is 13.2 Å². The van der Waals surface area contributed by atoms with Crippen molar-refractivity contribution < 1.29 is 13.2 Å². The first kappa shape index (κ1) is 17.6. The largest absolute Gasteiger partial charge is 0.395 e. The van der Waals surface area contributed by atoms with Crippen LogP contribution >= 0.6 is 0 Å². The maximum Gasteiger partial charge on any atom is 0.395 e. The number of hydrogen-bond acceptors (Lipinski definition) is 0. The Morgan fingerprint density at radius 3 is 1.57 bits per heavy atom. The highest BCUT2D eigenvalue weighted by Gasteiger charge is 2.37. The summed E-state index contributed by atoms with van der Waals surface area (Å²) in [6, 6.07) is 7.57. The lowest BCUT2D eigenvalue weighted by molar-refractivity contribution is -0.146. The van der Waals surface area contributed by atoms with Crippen LogP contribution in [-0.4, -0.2) is 6.18 Å². The lowest BCUT2D eigenvalue weighted by Crippen LogP contribution is -2.18. The van der Waals surface area contributed by atoms with Gasteiger partial charge in [0.25, 0.3) is 0 Å². The monoisotopic (exact) mass is 320 g/mol. The molecule has 0 saturated heterocycles. The third kappa shape index (κ3) is 3.44. The van der Waals surface area contributed by atoms with Crippen LogP contribution in [0.1, 0.15) is 46.2 Å². The van der Waals surface area contributed by atoms with E-state index >= 15 is 0 Å². The predicted octanol–water partition coefficient (Wildman–Crippen LogP) is 6.56. The molecule has 2 rings (SSSR count). The standard InChI is InChI=1S/C20H23F3/c1-11-7-18(8-12(2)15(11)5)19-13(3)9-17(10-14(19)4)16(6)20(21,22)23/h7-10,16H,1-6H3. The van der Waals surface area contributed by atoms with Gasteiger partial charge in [0, 0.05) is 0 Å². The first-order chi connectivity index (χ1) is 10.5. The molecule has 1 unspecified atom stereocenters. The Labute approximate surface area is 136 Å². The van der Waals surface area contributed by atoms with Crippen molar-refractivity contribution in [2.75, 3.05) is 0 Å². The summed E-state index contributed by atoms with van der Waals surface area (Å²) < 4.78 is 38.9. The smallest absolute Gasteiger partial charge is 0.170 e. The minimum atomic E-state index is -4.21. The quantitative estimate of drug-likeness (QED) is 0.587. The van der Waals surface area contributed by atoms with Crippen molar-refractivity contribution in [1.82, 2.24) is 0 Å². The summed E-state index contributed by atoms with van der Waals surface area (Å²) >= 11 is 0. The number of rotatable bonds is 2. The van der Waals surface area contributed by atoms with Gasteiger partial charge in [-0.15, -0.1) is 0 Å². The van der Waals surface area contributed by atoms with Crippen molar-refractivity contribution in [3.05, 3.63) is 57.6 Å². The van der Waals surface area contributed by atoms with Crippen LogP contribution in [0.25, 0.3) is 11.1 Å². The molecule has 0 amide bonds. The minimum Gasteiger partial charge on any atom is -0.170 e. The molecule has 0 heterocycles. The van der Waals surface area contributed by atoms with E-state index in [1.54, 1.807) is 12.1 Å². The molecule has 1 atom stereocenters. The molecule has 0 aliphatic rings. The molecule has 0 aliphatic heterocycles. The average Bonchev–Trinajstić information content (AvgIpc) is 2.41. The molecule has 2 aromatic rings. The molecule has 2 aromatic carbocycles.